The largest absolute Gasteiger partial charge is 0.292 e. The van der Waals surface area contributed by atoms with E-state index in [1.54, 1.807) is 5.56 Å². The van der Waals surface area contributed by atoms with Crippen molar-refractivity contribution < 1.29 is 0 Å². The van der Waals surface area contributed by atoms with Crippen molar-refractivity contribution in [3.63, 3.8) is 0 Å². The molecule has 2 heterocycles. The maximum absolute atomic E-state index is 9.14. The summed E-state index contributed by atoms with van der Waals surface area (Å²) in [5, 5.41) is 11.0. The van der Waals surface area contributed by atoms with E-state index in [0.717, 1.165) is 46.0 Å². The summed E-state index contributed by atoms with van der Waals surface area (Å²) in [6.07, 6.45) is 14.4. The van der Waals surface area contributed by atoms with Crippen molar-refractivity contribution in [2.45, 2.75) is 98.8 Å². The summed E-state index contributed by atoms with van der Waals surface area (Å²) < 4.78 is 0. The molecule has 8 atom stereocenters. The van der Waals surface area contributed by atoms with Crippen molar-refractivity contribution in [3.8, 4) is 17.2 Å². The van der Waals surface area contributed by atoms with Gasteiger partial charge in [0.25, 0.3) is 0 Å². The van der Waals surface area contributed by atoms with Crippen molar-refractivity contribution in [2.24, 2.45) is 11.8 Å². The average Bonchev–Trinajstić information content (AvgIpc) is 3.24. The second-order valence-corrected chi connectivity index (χ2v) is 13.1. The minimum Gasteiger partial charge on any atom is -0.292 e. The first-order valence-electron chi connectivity index (χ1n) is 13.8. The summed E-state index contributed by atoms with van der Waals surface area (Å²) in [5.74, 6) is 2.56. The van der Waals surface area contributed by atoms with Gasteiger partial charge in [-0.1, -0.05) is 55.7 Å². The number of hydrogen-bond acceptors (Lipinski definition) is 3. The van der Waals surface area contributed by atoms with Crippen LogP contribution in [0.25, 0.3) is 11.1 Å². The van der Waals surface area contributed by atoms with Gasteiger partial charge in [0, 0.05) is 28.6 Å². The molecular weight excluding hydrogens is 432 g/mol. The lowest BCUT2D eigenvalue weighted by molar-refractivity contribution is 0.0606. The Morgan fingerprint density at radius 2 is 1.62 bits per heavy atom. The summed E-state index contributed by atoms with van der Waals surface area (Å²) in [6, 6.07) is 22.3. The van der Waals surface area contributed by atoms with Crippen LogP contribution in [0.15, 0.2) is 48.5 Å². The van der Waals surface area contributed by atoms with E-state index in [1.165, 1.54) is 75.3 Å². The zero-order valence-corrected chi connectivity index (χ0v) is 20.9. The molecule has 3 aliphatic carbocycles. The maximum atomic E-state index is 9.14. The third kappa shape index (κ3) is 3.48. The predicted octanol–water partition coefficient (Wildman–Crippen LogP) is 7.39. The lowest BCUT2D eigenvalue weighted by atomic mass is 9.69. The first-order chi connectivity index (χ1) is 16.8. The Kier molecular flexibility index (Phi) is 5.52. The highest BCUT2D eigenvalue weighted by atomic mass is 32.2. The third-order valence-electron chi connectivity index (χ3n) is 10.1. The van der Waals surface area contributed by atoms with E-state index in [0.29, 0.717) is 5.92 Å². The van der Waals surface area contributed by atoms with Crippen LogP contribution in [0.3, 0.4) is 0 Å². The fourth-order valence-corrected chi connectivity index (χ4v) is 10.7. The van der Waals surface area contributed by atoms with Crippen molar-refractivity contribution in [3.05, 3.63) is 59.7 Å². The van der Waals surface area contributed by atoms with Gasteiger partial charge >= 0.3 is 0 Å². The SMILES string of the molecule is N#Cc1ccc(-c2cccc(C3CCC4C(C3)C3CCCC5SC6CCCCC6N4C53)c2)cc1. The van der Waals surface area contributed by atoms with Crippen LogP contribution in [0.1, 0.15) is 81.3 Å². The molecule has 5 fully saturated rings. The van der Waals surface area contributed by atoms with E-state index in [2.05, 4.69) is 59.1 Å². The van der Waals surface area contributed by atoms with Crippen LogP contribution in [0.4, 0.5) is 0 Å². The van der Waals surface area contributed by atoms with Gasteiger partial charge in [-0.15, -0.1) is 0 Å². The second kappa shape index (κ2) is 8.72. The summed E-state index contributed by atoms with van der Waals surface area (Å²) in [5.41, 5.74) is 4.80. The molecule has 2 aromatic carbocycles. The first-order valence-corrected chi connectivity index (χ1v) is 14.8. The minimum absolute atomic E-state index is 0.705. The molecule has 3 saturated carbocycles. The van der Waals surface area contributed by atoms with Crippen LogP contribution in [-0.4, -0.2) is 33.5 Å². The quantitative estimate of drug-likeness (QED) is 0.460. The van der Waals surface area contributed by atoms with Crippen LogP contribution in [0, 0.1) is 23.2 Å². The van der Waals surface area contributed by atoms with E-state index in [-0.39, 0.29) is 0 Å². The Bertz CT molecular complexity index is 1090. The first kappa shape index (κ1) is 21.5. The summed E-state index contributed by atoms with van der Waals surface area (Å²) in [7, 11) is 0. The number of benzene rings is 2. The summed E-state index contributed by atoms with van der Waals surface area (Å²) in [6.45, 7) is 0. The minimum atomic E-state index is 0.705. The Balaban J connectivity index is 1.16. The molecule has 8 unspecified atom stereocenters. The Morgan fingerprint density at radius 1 is 0.765 bits per heavy atom. The van der Waals surface area contributed by atoms with E-state index >= 15 is 0 Å². The Morgan fingerprint density at radius 3 is 2.50 bits per heavy atom. The number of hydrogen-bond donors (Lipinski definition) is 0. The molecule has 0 bridgehead atoms. The van der Waals surface area contributed by atoms with E-state index in [1.807, 2.05) is 12.1 Å². The molecule has 0 aromatic heterocycles. The molecule has 2 aromatic rings. The third-order valence-corrected chi connectivity index (χ3v) is 11.9. The summed E-state index contributed by atoms with van der Waals surface area (Å²) >= 11 is 2.43. The fourth-order valence-electron chi connectivity index (χ4n) is 8.72. The van der Waals surface area contributed by atoms with Gasteiger partial charge in [-0.25, -0.2) is 0 Å². The zero-order chi connectivity index (χ0) is 22.6. The van der Waals surface area contributed by atoms with Crippen LogP contribution < -0.4 is 0 Å². The monoisotopic (exact) mass is 468 g/mol. The van der Waals surface area contributed by atoms with Gasteiger partial charge in [0.05, 0.1) is 11.6 Å². The molecule has 5 aliphatic rings. The fraction of sp³-hybridized carbons (Fsp3) is 0.581. The molecule has 34 heavy (non-hydrogen) atoms. The number of nitrogens with zero attached hydrogens (tertiary/aromatic N) is 2. The molecular formula is C31H36N2S. The van der Waals surface area contributed by atoms with Crippen LogP contribution in [0.2, 0.25) is 0 Å². The molecule has 0 radical (unpaired) electrons. The average molecular weight is 469 g/mol. The van der Waals surface area contributed by atoms with Gasteiger partial charge in [-0.3, -0.25) is 4.90 Å². The number of fused-ring (bicyclic) bond motifs is 5. The van der Waals surface area contributed by atoms with Gasteiger partial charge in [0.2, 0.25) is 0 Å². The second-order valence-electron chi connectivity index (χ2n) is 11.7. The molecule has 0 amide bonds. The molecule has 0 N–H and O–H groups in total. The normalized spacial score (nSPS) is 38.9. The number of thioether (sulfide) groups is 1. The van der Waals surface area contributed by atoms with Crippen LogP contribution in [-0.2, 0) is 0 Å². The van der Waals surface area contributed by atoms with E-state index < -0.39 is 0 Å². The van der Waals surface area contributed by atoms with Crippen LogP contribution >= 0.6 is 11.8 Å². The topological polar surface area (TPSA) is 27.0 Å². The van der Waals surface area contributed by atoms with Crippen molar-refractivity contribution in [1.29, 1.82) is 5.26 Å². The maximum Gasteiger partial charge on any atom is 0.0991 e. The molecule has 2 aliphatic heterocycles. The van der Waals surface area contributed by atoms with Crippen molar-refractivity contribution in [2.75, 3.05) is 0 Å². The lowest BCUT2D eigenvalue weighted by Crippen LogP contribution is -2.59. The van der Waals surface area contributed by atoms with Crippen molar-refractivity contribution >= 4 is 11.8 Å². The Labute approximate surface area is 209 Å². The van der Waals surface area contributed by atoms with Gasteiger partial charge in [-0.05, 0) is 91.5 Å². The molecule has 7 rings (SSSR count). The van der Waals surface area contributed by atoms with Gasteiger partial charge in [0.15, 0.2) is 0 Å². The highest BCUT2D eigenvalue weighted by Crippen LogP contribution is 2.59. The number of rotatable bonds is 2. The van der Waals surface area contributed by atoms with Gasteiger partial charge in [0.1, 0.15) is 0 Å². The lowest BCUT2D eigenvalue weighted by Gasteiger charge is -2.53. The van der Waals surface area contributed by atoms with E-state index in [9.17, 15) is 0 Å². The van der Waals surface area contributed by atoms with E-state index in [4.69, 9.17) is 5.26 Å². The highest BCUT2D eigenvalue weighted by molar-refractivity contribution is 8.00. The highest BCUT2D eigenvalue weighted by Gasteiger charge is 2.59. The summed E-state index contributed by atoms with van der Waals surface area (Å²) in [4.78, 5) is 3.17. The smallest absolute Gasteiger partial charge is 0.0991 e. The van der Waals surface area contributed by atoms with Gasteiger partial charge in [-0.2, -0.15) is 17.0 Å². The molecule has 176 valence electrons. The zero-order valence-electron chi connectivity index (χ0n) is 20.1. The van der Waals surface area contributed by atoms with Gasteiger partial charge < -0.3 is 0 Å². The standard InChI is InChI=1S/C31H36N2S/c32-19-20-11-13-21(14-12-20)22-5-3-6-23(17-22)24-15-16-27-26(18-24)25-7-4-10-30-31(25)33(27)28-8-1-2-9-29(28)34-30/h3,5-6,11-14,17,24-31H,1-2,4,7-10,15-16,18H2. The molecule has 3 heteroatoms. The van der Waals surface area contributed by atoms with Crippen LogP contribution in [0.5, 0.6) is 0 Å². The van der Waals surface area contributed by atoms with Crippen molar-refractivity contribution in [1.82, 2.24) is 4.90 Å². The number of nitriles is 1. The predicted molar refractivity (Wildman–Crippen MR) is 141 cm³/mol. The Hall–Kier alpha value is -1.76. The molecule has 2 saturated heterocycles. The molecule has 0 spiro atoms. The molecule has 2 nitrogen and oxygen atoms in total.